The number of likely N-dealkylation sites (N-methyl/N-ethyl adjacent to an activating group) is 1. The third-order valence-electron chi connectivity index (χ3n) is 3.59. The molecule has 0 unspecified atom stereocenters. The predicted octanol–water partition coefficient (Wildman–Crippen LogP) is 2.60. The van der Waals surface area contributed by atoms with E-state index in [9.17, 15) is 0 Å². The van der Waals surface area contributed by atoms with Crippen molar-refractivity contribution < 1.29 is 0 Å². The minimum absolute atomic E-state index is 0.614. The minimum Gasteiger partial charge on any atom is -0.326 e. The molecular weight excluding hydrogens is 246 g/mol. The Balaban J connectivity index is 1.94. The standard InChI is InChI=1S/C17H23N3/c1-2-20(14-17-9-5-6-11-19-17)12-10-15-7-3-4-8-16(15)13-18/h3-9,11H,2,10,12-14,18H2,1H3. The highest BCUT2D eigenvalue weighted by Crippen LogP contribution is 2.10. The maximum Gasteiger partial charge on any atom is 0.0543 e. The minimum atomic E-state index is 0.614. The first kappa shape index (κ1) is 14.7. The van der Waals surface area contributed by atoms with E-state index in [-0.39, 0.29) is 0 Å². The van der Waals surface area contributed by atoms with E-state index in [0.717, 1.165) is 31.7 Å². The maximum absolute atomic E-state index is 5.79. The largest absolute Gasteiger partial charge is 0.326 e. The maximum atomic E-state index is 5.79. The van der Waals surface area contributed by atoms with E-state index >= 15 is 0 Å². The van der Waals surface area contributed by atoms with Gasteiger partial charge in [-0.3, -0.25) is 9.88 Å². The Bertz CT molecular complexity index is 511. The summed E-state index contributed by atoms with van der Waals surface area (Å²) in [7, 11) is 0. The lowest BCUT2D eigenvalue weighted by Crippen LogP contribution is -2.26. The second-order valence-electron chi connectivity index (χ2n) is 4.91. The van der Waals surface area contributed by atoms with Crippen LogP contribution in [0.4, 0.5) is 0 Å². The molecule has 106 valence electrons. The van der Waals surface area contributed by atoms with Gasteiger partial charge in [-0.15, -0.1) is 0 Å². The van der Waals surface area contributed by atoms with Gasteiger partial charge in [0.1, 0.15) is 0 Å². The number of nitrogens with zero attached hydrogens (tertiary/aromatic N) is 2. The van der Waals surface area contributed by atoms with E-state index in [2.05, 4.69) is 47.1 Å². The molecule has 0 saturated carbocycles. The fourth-order valence-corrected chi connectivity index (χ4v) is 2.35. The molecule has 3 nitrogen and oxygen atoms in total. The smallest absolute Gasteiger partial charge is 0.0543 e. The van der Waals surface area contributed by atoms with Gasteiger partial charge in [0.05, 0.1) is 5.69 Å². The number of aromatic nitrogens is 1. The predicted molar refractivity (Wildman–Crippen MR) is 83.2 cm³/mol. The Morgan fingerprint density at radius 3 is 2.45 bits per heavy atom. The van der Waals surface area contributed by atoms with E-state index in [1.165, 1.54) is 11.1 Å². The van der Waals surface area contributed by atoms with E-state index in [1.54, 1.807) is 0 Å². The first-order valence-corrected chi connectivity index (χ1v) is 7.22. The average molecular weight is 269 g/mol. The first-order valence-electron chi connectivity index (χ1n) is 7.22. The van der Waals surface area contributed by atoms with E-state index < -0.39 is 0 Å². The molecule has 1 aromatic carbocycles. The highest BCUT2D eigenvalue weighted by molar-refractivity contribution is 5.27. The van der Waals surface area contributed by atoms with Crippen molar-refractivity contribution >= 4 is 0 Å². The Kier molecular flexibility index (Phi) is 5.71. The van der Waals surface area contributed by atoms with Crippen LogP contribution in [-0.4, -0.2) is 23.0 Å². The van der Waals surface area contributed by atoms with Gasteiger partial charge in [-0.05, 0) is 36.2 Å². The number of pyridine rings is 1. The van der Waals surface area contributed by atoms with Crippen molar-refractivity contribution in [3.8, 4) is 0 Å². The Labute approximate surface area is 121 Å². The van der Waals surface area contributed by atoms with Crippen LogP contribution in [0.25, 0.3) is 0 Å². The SMILES string of the molecule is CCN(CCc1ccccc1CN)Cc1ccccn1. The molecule has 0 atom stereocenters. The fourth-order valence-electron chi connectivity index (χ4n) is 2.35. The van der Waals surface area contributed by atoms with Gasteiger partial charge < -0.3 is 5.73 Å². The van der Waals surface area contributed by atoms with Crippen molar-refractivity contribution in [1.29, 1.82) is 0 Å². The Hall–Kier alpha value is -1.71. The van der Waals surface area contributed by atoms with Gasteiger partial charge in [0.15, 0.2) is 0 Å². The van der Waals surface area contributed by atoms with E-state index in [4.69, 9.17) is 5.73 Å². The van der Waals surface area contributed by atoms with Crippen LogP contribution in [0.5, 0.6) is 0 Å². The van der Waals surface area contributed by atoms with Crippen molar-refractivity contribution in [3.63, 3.8) is 0 Å². The molecule has 2 rings (SSSR count). The molecule has 0 aliphatic carbocycles. The Morgan fingerprint density at radius 2 is 1.80 bits per heavy atom. The quantitative estimate of drug-likeness (QED) is 0.840. The van der Waals surface area contributed by atoms with Crippen molar-refractivity contribution in [2.24, 2.45) is 5.73 Å². The summed E-state index contributed by atoms with van der Waals surface area (Å²) in [6.07, 6.45) is 2.89. The summed E-state index contributed by atoms with van der Waals surface area (Å²) in [4.78, 5) is 6.81. The average Bonchev–Trinajstić information content (AvgIpc) is 2.52. The third kappa shape index (κ3) is 4.15. The lowest BCUT2D eigenvalue weighted by Gasteiger charge is -2.20. The number of benzene rings is 1. The van der Waals surface area contributed by atoms with Gasteiger partial charge in [0.25, 0.3) is 0 Å². The molecular formula is C17H23N3. The molecule has 0 amide bonds. The second kappa shape index (κ2) is 7.78. The summed E-state index contributed by atoms with van der Waals surface area (Å²) in [5.41, 5.74) is 9.52. The lowest BCUT2D eigenvalue weighted by atomic mass is 10.0. The highest BCUT2D eigenvalue weighted by atomic mass is 15.1. The third-order valence-corrected chi connectivity index (χ3v) is 3.59. The molecule has 2 N–H and O–H groups in total. The zero-order valence-corrected chi connectivity index (χ0v) is 12.1. The zero-order chi connectivity index (χ0) is 14.2. The first-order chi connectivity index (χ1) is 9.83. The fraction of sp³-hybridized carbons (Fsp3) is 0.353. The van der Waals surface area contributed by atoms with Crippen LogP contribution in [0.15, 0.2) is 48.7 Å². The molecule has 20 heavy (non-hydrogen) atoms. The normalized spacial score (nSPS) is 10.9. The number of hydrogen-bond acceptors (Lipinski definition) is 3. The molecule has 0 fully saturated rings. The number of hydrogen-bond donors (Lipinski definition) is 1. The van der Waals surface area contributed by atoms with E-state index in [0.29, 0.717) is 6.54 Å². The molecule has 1 heterocycles. The molecule has 0 saturated heterocycles. The molecule has 0 radical (unpaired) electrons. The van der Waals surface area contributed by atoms with Gasteiger partial charge in [0, 0.05) is 25.8 Å². The highest BCUT2D eigenvalue weighted by Gasteiger charge is 2.06. The van der Waals surface area contributed by atoms with Crippen molar-refractivity contribution in [1.82, 2.24) is 9.88 Å². The molecule has 0 spiro atoms. The monoisotopic (exact) mass is 269 g/mol. The topological polar surface area (TPSA) is 42.1 Å². The van der Waals surface area contributed by atoms with Crippen molar-refractivity contribution in [2.75, 3.05) is 13.1 Å². The molecule has 0 aliphatic heterocycles. The number of nitrogens with two attached hydrogens (primary N) is 1. The summed E-state index contributed by atoms with van der Waals surface area (Å²) < 4.78 is 0. The van der Waals surface area contributed by atoms with Crippen LogP contribution >= 0.6 is 0 Å². The molecule has 3 heteroatoms. The van der Waals surface area contributed by atoms with Gasteiger partial charge >= 0.3 is 0 Å². The molecule has 2 aromatic rings. The van der Waals surface area contributed by atoms with Crippen LogP contribution in [-0.2, 0) is 19.5 Å². The summed E-state index contributed by atoms with van der Waals surface area (Å²) in [6.45, 7) is 5.77. The van der Waals surface area contributed by atoms with Crippen LogP contribution in [0.2, 0.25) is 0 Å². The van der Waals surface area contributed by atoms with Gasteiger partial charge in [-0.1, -0.05) is 37.3 Å². The molecule has 1 aromatic heterocycles. The van der Waals surface area contributed by atoms with E-state index in [1.807, 2.05) is 18.3 Å². The lowest BCUT2D eigenvalue weighted by molar-refractivity contribution is 0.280. The molecule has 0 aliphatic rings. The van der Waals surface area contributed by atoms with Gasteiger partial charge in [0.2, 0.25) is 0 Å². The van der Waals surface area contributed by atoms with Crippen molar-refractivity contribution in [3.05, 3.63) is 65.5 Å². The summed E-state index contributed by atoms with van der Waals surface area (Å²) >= 11 is 0. The summed E-state index contributed by atoms with van der Waals surface area (Å²) in [5.74, 6) is 0. The Morgan fingerprint density at radius 1 is 1.05 bits per heavy atom. The van der Waals surface area contributed by atoms with Gasteiger partial charge in [-0.25, -0.2) is 0 Å². The van der Waals surface area contributed by atoms with Gasteiger partial charge in [-0.2, -0.15) is 0 Å². The molecule has 0 bridgehead atoms. The van der Waals surface area contributed by atoms with Crippen LogP contribution in [0.1, 0.15) is 23.7 Å². The second-order valence-corrected chi connectivity index (χ2v) is 4.91. The van der Waals surface area contributed by atoms with Crippen LogP contribution in [0, 0.1) is 0 Å². The van der Waals surface area contributed by atoms with Crippen LogP contribution < -0.4 is 5.73 Å². The van der Waals surface area contributed by atoms with Crippen LogP contribution in [0.3, 0.4) is 0 Å². The summed E-state index contributed by atoms with van der Waals surface area (Å²) in [6, 6.07) is 14.5. The zero-order valence-electron chi connectivity index (χ0n) is 12.1. The number of rotatable bonds is 7. The summed E-state index contributed by atoms with van der Waals surface area (Å²) in [5, 5.41) is 0. The van der Waals surface area contributed by atoms with Crippen molar-refractivity contribution in [2.45, 2.75) is 26.4 Å².